The average molecular weight is 409 g/mol. The summed E-state index contributed by atoms with van der Waals surface area (Å²) in [5.74, 6) is 0.693. The fourth-order valence-electron chi connectivity index (χ4n) is 2.80. The van der Waals surface area contributed by atoms with Crippen molar-refractivity contribution in [3.05, 3.63) is 82.2 Å². The molecule has 0 N–H and O–H groups in total. The van der Waals surface area contributed by atoms with Gasteiger partial charge in [-0.3, -0.25) is 4.79 Å². The van der Waals surface area contributed by atoms with E-state index < -0.39 is 5.97 Å². The van der Waals surface area contributed by atoms with Crippen molar-refractivity contribution in [2.45, 2.75) is 33.5 Å². The number of aryl methyl sites for hydroxylation is 2. The molecule has 3 rings (SSSR count). The summed E-state index contributed by atoms with van der Waals surface area (Å²) in [5, 5.41) is 3.90. The highest BCUT2D eigenvalue weighted by Gasteiger charge is 2.10. The first kappa shape index (κ1) is 21.1. The van der Waals surface area contributed by atoms with Gasteiger partial charge in [-0.05, 0) is 49.2 Å². The normalized spacial score (nSPS) is 10.5. The molecule has 3 aromatic rings. The molecule has 0 radical (unpaired) electrons. The molecule has 7 nitrogen and oxygen atoms in total. The van der Waals surface area contributed by atoms with E-state index in [0.29, 0.717) is 17.9 Å². The lowest BCUT2D eigenvalue weighted by atomic mass is 10.1. The van der Waals surface area contributed by atoms with Crippen LogP contribution in [-0.2, 0) is 33.9 Å². The largest absolute Gasteiger partial charge is 0.489 e. The Morgan fingerprint density at radius 3 is 2.20 bits per heavy atom. The number of hydrogen-bond acceptors (Lipinski definition) is 7. The minimum atomic E-state index is -0.405. The minimum absolute atomic E-state index is 0.138. The molecule has 0 atom stereocenters. The molecule has 0 bridgehead atoms. The van der Waals surface area contributed by atoms with E-state index in [1.165, 1.54) is 7.11 Å². The van der Waals surface area contributed by atoms with Gasteiger partial charge in [0.05, 0.1) is 30.4 Å². The number of hydrogen-bond donors (Lipinski definition) is 0. The van der Waals surface area contributed by atoms with Crippen molar-refractivity contribution in [3.63, 3.8) is 0 Å². The van der Waals surface area contributed by atoms with E-state index in [0.717, 1.165) is 28.1 Å². The lowest BCUT2D eigenvalue weighted by Gasteiger charge is -2.08. The topological polar surface area (TPSA) is 87.9 Å². The SMILES string of the molecule is COC(=O)c1ccc(COC(=O)Cc2ccc(OCc3c(C)noc3C)cc2)cc1. The summed E-state index contributed by atoms with van der Waals surface area (Å²) >= 11 is 0. The van der Waals surface area contributed by atoms with Crippen molar-refractivity contribution in [2.75, 3.05) is 7.11 Å². The third kappa shape index (κ3) is 5.47. The van der Waals surface area contributed by atoms with Crippen molar-refractivity contribution in [2.24, 2.45) is 0 Å². The molecule has 0 aliphatic carbocycles. The number of benzene rings is 2. The molecule has 0 aliphatic heterocycles. The first-order valence-corrected chi connectivity index (χ1v) is 9.42. The summed E-state index contributed by atoms with van der Waals surface area (Å²) in [5.41, 5.74) is 3.81. The van der Waals surface area contributed by atoms with Crippen LogP contribution < -0.4 is 4.74 Å². The lowest BCUT2D eigenvalue weighted by Crippen LogP contribution is -2.08. The molecular weight excluding hydrogens is 386 g/mol. The van der Waals surface area contributed by atoms with Gasteiger partial charge in [-0.2, -0.15) is 0 Å². The van der Waals surface area contributed by atoms with Crippen molar-refractivity contribution in [3.8, 4) is 5.75 Å². The Kier molecular flexibility index (Phi) is 6.85. The Hall–Kier alpha value is -3.61. The van der Waals surface area contributed by atoms with Crippen LogP contribution in [0.5, 0.6) is 5.75 Å². The third-order valence-electron chi connectivity index (χ3n) is 4.61. The Morgan fingerprint density at radius 2 is 1.60 bits per heavy atom. The molecule has 0 spiro atoms. The molecule has 0 saturated carbocycles. The van der Waals surface area contributed by atoms with E-state index in [1.54, 1.807) is 24.3 Å². The predicted molar refractivity (Wildman–Crippen MR) is 108 cm³/mol. The molecule has 1 aromatic heterocycles. The number of carbonyl (C=O) groups is 2. The van der Waals surface area contributed by atoms with Gasteiger partial charge >= 0.3 is 11.9 Å². The van der Waals surface area contributed by atoms with Crippen LogP contribution in [0.3, 0.4) is 0 Å². The summed E-state index contributed by atoms with van der Waals surface area (Å²) < 4.78 is 20.8. The van der Waals surface area contributed by atoms with Crippen molar-refractivity contribution in [1.29, 1.82) is 0 Å². The summed E-state index contributed by atoms with van der Waals surface area (Å²) in [7, 11) is 1.33. The maximum atomic E-state index is 12.1. The zero-order valence-electron chi connectivity index (χ0n) is 17.1. The van der Waals surface area contributed by atoms with E-state index in [1.807, 2.05) is 38.1 Å². The Labute approximate surface area is 174 Å². The molecule has 156 valence electrons. The first-order valence-electron chi connectivity index (χ1n) is 9.42. The zero-order chi connectivity index (χ0) is 21.5. The smallest absolute Gasteiger partial charge is 0.337 e. The third-order valence-corrected chi connectivity index (χ3v) is 4.61. The second-order valence-corrected chi connectivity index (χ2v) is 6.76. The Balaban J connectivity index is 1.46. The van der Waals surface area contributed by atoms with Gasteiger partial charge in [0.15, 0.2) is 0 Å². The van der Waals surface area contributed by atoms with Crippen molar-refractivity contribution in [1.82, 2.24) is 5.16 Å². The van der Waals surface area contributed by atoms with E-state index in [2.05, 4.69) is 9.89 Å². The quantitative estimate of drug-likeness (QED) is 0.521. The molecule has 30 heavy (non-hydrogen) atoms. The summed E-state index contributed by atoms with van der Waals surface area (Å²) in [6.45, 7) is 4.23. The van der Waals surface area contributed by atoms with Gasteiger partial charge in [0.1, 0.15) is 24.7 Å². The van der Waals surface area contributed by atoms with Crippen LogP contribution in [0, 0.1) is 13.8 Å². The zero-order valence-corrected chi connectivity index (χ0v) is 17.1. The second-order valence-electron chi connectivity index (χ2n) is 6.76. The van der Waals surface area contributed by atoms with Gasteiger partial charge in [0.2, 0.25) is 0 Å². The monoisotopic (exact) mass is 409 g/mol. The summed E-state index contributed by atoms with van der Waals surface area (Å²) in [6, 6.07) is 14.0. The second kappa shape index (κ2) is 9.73. The predicted octanol–water partition coefficient (Wildman–Crippen LogP) is 3.94. The van der Waals surface area contributed by atoms with Gasteiger partial charge in [-0.25, -0.2) is 4.79 Å². The first-order chi connectivity index (χ1) is 14.5. The van der Waals surface area contributed by atoms with E-state index in [4.69, 9.17) is 14.0 Å². The van der Waals surface area contributed by atoms with E-state index in [9.17, 15) is 9.59 Å². The number of rotatable bonds is 8. The number of aromatic nitrogens is 1. The van der Waals surface area contributed by atoms with Crippen LogP contribution >= 0.6 is 0 Å². The fourth-order valence-corrected chi connectivity index (χ4v) is 2.80. The molecule has 2 aromatic carbocycles. The van der Waals surface area contributed by atoms with Crippen LogP contribution in [0.4, 0.5) is 0 Å². The van der Waals surface area contributed by atoms with E-state index in [-0.39, 0.29) is 19.0 Å². The van der Waals surface area contributed by atoms with Crippen LogP contribution in [0.25, 0.3) is 0 Å². The number of ether oxygens (including phenoxy) is 3. The van der Waals surface area contributed by atoms with Crippen molar-refractivity contribution >= 4 is 11.9 Å². The van der Waals surface area contributed by atoms with Crippen LogP contribution in [-0.4, -0.2) is 24.2 Å². The fraction of sp³-hybridized carbons (Fsp3) is 0.261. The maximum Gasteiger partial charge on any atom is 0.337 e. The van der Waals surface area contributed by atoms with Crippen molar-refractivity contribution < 1.29 is 28.3 Å². The van der Waals surface area contributed by atoms with Crippen LogP contribution in [0.15, 0.2) is 53.1 Å². The van der Waals surface area contributed by atoms with Gasteiger partial charge in [0.25, 0.3) is 0 Å². The number of carbonyl (C=O) groups excluding carboxylic acids is 2. The molecule has 0 amide bonds. The van der Waals surface area contributed by atoms with Gasteiger partial charge in [-0.15, -0.1) is 0 Å². The van der Waals surface area contributed by atoms with Crippen LogP contribution in [0.1, 0.15) is 38.5 Å². The molecule has 1 heterocycles. The standard InChI is InChI=1S/C23H23NO6/c1-15-21(16(2)30-24-15)14-28-20-10-6-17(7-11-20)12-22(25)29-13-18-4-8-19(9-5-18)23(26)27-3/h4-11H,12-14H2,1-3H3. The average Bonchev–Trinajstić information content (AvgIpc) is 3.09. The molecular formula is C23H23NO6. The van der Waals surface area contributed by atoms with Gasteiger partial charge in [0, 0.05) is 0 Å². The Bertz CT molecular complexity index is 986. The highest BCUT2D eigenvalue weighted by atomic mass is 16.5. The molecule has 0 unspecified atom stereocenters. The van der Waals surface area contributed by atoms with Gasteiger partial charge < -0.3 is 18.7 Å². The number of nitrogens with zero attached hydrogens (tertiary/aromatic N) is 1. The van der Waals surface area contributed by atoms with E-state index >= 15 is 0 Å². The molecule has 7 heteroatoms. The summed E-state index contributed by atoms with van der Waals surface area (Å²) in [6.07, 6.45) is 0.157. The van der Waals surface area contributed by atoms with Gasteiger partial charge in [-0.1, -0.05) is 29.4 Å². The van der Waals surface area contributed by atoms with Crippen LogP contribution in [0.2, 0.25) is 0 Å². The molecule has 0 fully saturated rings. The highest BCUT2D eigenvalue weighted by Crippen LogP contribution is 2.18. The number of esters is 2. The molecule has 0 saturated heterocycles. The minimum Gasteiger partial charge on any atom is -0.489 e. The number of methoxy groups -OCH3 is 1. The lowest BCUT2D eigenvalue weighted by molar-refractivity contribution is -0.144. The summed E-state index contributed by atoms with van der Waals surface area (Å²) in [4.78, 5) is 23.5. The highest BCUT2D eigenvalue weighted by molar-refractivity contribution is 5.89. The molecule has 0 aliphatic rings. The maximum absolute atomic E-state index is 12.1. The Morgan fingerprint density at radius 1 is 0.933 bits per heavy atom.